The zero-order chi connectivity index (χ0) is 11.3. The average molecular weight is 230 g/mol. The SMILES string of the molecule is CCCc1ccc(S(=O)(=O)OOC)cc1. The lowest BCUT2D eigenvalue weighted by Gasteiger charge is -2.03. The lowest BCUT2D eigenvalue weighted by Crippen LogP contribution is -2.05. The molecule has 0 amide bonds. The molecule has 5 heteroatoms. The van der Waals surface area contributed by atoms with Crippen molar-refractivity contribution >= 4 is 10.1 Å². The zero-order valence-electron chi connectivity index (χ0n) is 8.76. The standard InChI is InChI=1S/C10H14O4S/c1-3-4-9-5-7-10(8-6-9)15(11,12)14-13-2/h5-8H,3-4H2,1-2H3. The van der Waals surface area contributed by atoms with Crippen LogP contribution in [0.15, 0.2) is 29.2 Å². The molecule has 0 unspecified atom stereocenters. The molecule has 0 atom stereocenters. The van der Waals surface area contributed by atoms with Crippen molar-refractivity contribution in [3.05, 3.63) is 29.8 Å². The van der Waals surface area contributed by atoms with Crippen LogP contribution in [-0.4, -0.2) is 15.5 Å². The molecule has 0 saturated carbocycles. The summed E-state index contributed by atoms with van der Waals surface area (Å²) in [5.41, 5.74) is 1.11. The van der Waals surface area contributed by atoms with Gasteiger partial charge in [0.1, 0.15) is 0 Å². The molecule has 15 heavy (non-hydrogen) atoms. The molecule has 0 N–H and O–H groups in total. The van der Waals surface area contributed by atoms with Gasteiger partial charge in [0.25, 0.3) is 0 Å². The molecule has 0 aliphatic carbocycles. The van der Waals surface area contributed by atoms with Crippen molar-refractivity contribution in [3.63, 3.8) is 0 Å². The fourth-order valence-electron chi connectivity index (χ4n) is 1.24. The second kappa shape index (κ2) is 5.25. The Labute approximate surface area is 89.9 Å². The van der Waals surface area contributed by atoms with Crippen LogP contribution in [0.1, 0.15) is 18.9 Å². The lowest BCUT2D eigenvalue weighted by atomic mass is 10.1. The Kier molecular flexibility index (Phi) is 4.26. The Morgan fingerprint density at radius 3 is 2.27 bits per heavy atom. The minimum Gasteiger partial charge on any atom is -0.223 e. The molecule has 0 saturated heterocycles. The minimum atomic E-state index is -3.76. The number of aryl methyl sites for hydroxylation is 1. The third-order valence-corrected chi connectivity index (χ3v) is 3.07. The molecule has 0 aliphatic heterocycles. The van der Waals surface area contributed by atoms with Crippen LogP contribution in [-0.2, 0) is 25.8 Å². The van der Waals surface area contributed by atoms with E-state index in [1.807, 2.05) is 0 Å². The van der Waals surface area contributed by atoms with E-state index in [1.54, 1.807) is 12.1 Å². The van der Waals surface area contributed by atoms with Gasteiger partial charge in [-0.05, 0) is 24.1 Å². The summed E-state index contributed by atoms with van der Waals surface area (Å²) < 4.78 is 26.9. The van der Waals surface area contributed by atoms with Crippen molar-refractivity contribution in [2.24, 2.45) is 0 Å². The van der Waals surface area contributed by atoms with Gasteiger partial charge in [0, 0.05) is 0 Å². The van der Waals surface area contributed by atoms with Gasteiger partial charge in [0.2, 0.25) is 0 Å². The molecule has 0 aromatic heterocycles. The fourth-order valence-corrected chi connectivity index (χ4v) is 1.97. The summed E-state index contributed by atoms with van der Waals surface area (Å²) in [5, 5.41) is 0. The van der Waals surface area contributed by atoms with E-state index in [9.17, 15) is 8.42 Å². The summed E-state index contributed by atoms with van der Waals surface area (Å²) in [6, 6.07) is 6.57. The lowest BCUT2D eigenvalue weighted by molar-refractivity contribution is -0.172. The molecule has 0 radical (unpaired) electrons. The molecule has 0 heterocycles. The molecule has 1 aromatic carbocycles. The van der Waals surface area contributed by atoms with E-state index >= 15 is 0 Å². The third kappa shape index (κ3) is 3.30. The van der Waals surface area contributed by atoms with Crippen LogP contribution in [0.3, 0.4) is 0 Å². The second-order valence-electron chi connectivity index (χ2n) is 3.08. The van der Waals surface area contributed by atoms with Crippen LogP contribution < -0.4 is 0 Å². The molecule has 1 aromatic rings. The Hall–Kier alpha value is -0.910. The highest BCUT2D eigenvalue weighted by molar-refractivity contribution is 7.86. The van der Waals surface area contributed by atoms with Crippen molar-refractivity contribution in [1.29, 1.82) is 0 Å². The Balaban J connectivity index is 2.89. The Morgan fingerprint density at radius 2 is 1.80 bits per heavy atom. The normalized spacial score (nSPS) is 11.6. The first-order valence-corrected chi connectivity index (χ1v) is 6.07. The molecule has 84 valence electrons. The van der Waals surface area contributed by atoms with Crippen molar-refractivity contribution in [2.45, 2.75) is 24.7 Å². The summed E-state index contributed by atoms with van der Waals surface area (Å²) in [5.74, 6) is 0. The highest BCUT2D eigenvalue weighted by Gasteiger charge is 2.14. The molecule has 0 bridgehead atoms. The van der Waals surface area contributed by atoms with Crippen molar-refractivity contribution in [2.75, 3.05) is 7.11 Å². The van der Waals surface area contributed by atoms with Crippen LogP contribution >= 0.6 is 0 Å². The highest BCUT2D eigenvalue weighted by Crippen LogP contribution is 2.14. The summed E-state index contributed by atoms with van der Waals surface area (Å²) >= 11 is 0. The van der Waals surface area contributed by atoms with Crippen molar-refractivity contribution < 1.29 is 17.6 Å². The van der Waals surface area contributed by atoms with Crippen LogP contribution in [0.5, 0.6) is 0 Å². The average Bonchev–Trinajstić information content (AvgIpc) is 2.19. The third-order valence-electron chi connectivity index (χ3n) is 1.91. The van der Waals surface area contributed by atoms with Crippen LogP contribution in [0.2, 0.25) is 0 Å². The Morgan fingerprint density at radius 1 is 1.20 bits per heavy atom. The van der Waals surface area contributed by atoms with Gasteiger partial charge in [-0.3, -0.25) is 0 Å². The van der Waals surface area contributed by atoms with Gasteiger partial charge in [-0.25, -0.2) is 4.89 Å². The predicted molar refractivity (Wildman–Crippen MR) is 55.7 cm³/mol. The van der Waals surface area contributed by atoms with Crippen LogP contribution in [0, 0.1) is 0 Å². The minimum absolute atomic E-state index is 0.101. The topological polar surface area (TPSA) is 52.6 Å². The summed E-state index contributed by atoms with van der Waals surface area (Å²) in [7, 11) is -2.61. The monoisotopic (exact) mass is 230 g/mol. The number of hydrogen-bond donors (Lipinski definition) is 0. The van der Waals surface area contributed by atoms with Gasteiger partial charge in [-0.2, -0.15) is 8.42 Å². The molecule has 4 nitrogen and oxygen atoms in total. The number of benzene rings is 1. The van der Waals surface area contributed by atoms with Crippen LogP contribution in [0.25, 0.3) is 0 Å². The summed E-state index contributed by atoms with van der Waals surface area (Å²) in [4.78, 5) is 4.25. The predicted octanol–water partition coefficient (Wildman–Crippen LogP) is 1.91. The van der Waals surface area contributed by atoms with E-state index < -0.39 is 10.1 Å². The maximum atomic E-state index is 11.4. The quantitative estimate of drug-likeness (QED) is 0.572. The van der Waals surface area contributed by atoms with Gasteiger partial charge in [-0.15, -0.1) is 4.33 Å². The second-order valence-corrected chi connectivity index (χ2v) is 4.60. The number of hydrogen-bond acceptors (Lipinski definition) is 4. The van der Waals surface area contributed by atoms with E-state index in [2.05, 4.69) is 16.1 Å². The smallest absolute Gasteiger partial charge is 0.223 e. The van der Waals surface area contributed by atoms with E-state index in [0.717, 1.165) is 25.5 Å². The van der Waals surface area contributed by atoms with E-state index in [4.69, 9.17) is 0 Å². The van der Waals surface area contributed by atoms with Crippen molar-refractivity contribution in [1.82, 2.24) is 0 Å². The maximum absolute atomic E-state index is 11.4. The van der Waals surface area contributed by atoms with Crippen molar-refractivity contribution in [3.8, 4) is 0 Å². The maximum Gasteiger partial charge on any atom is 0.323 e. The van der Waals surface area contributed by atoms with Gasteiger partial charge >= 0.3 is 10.1 Å². The van der Waals surface area contributed by atoms with E-state index in [0.29, 0.717) is 0 Å². The first kappa shape index (κ1) is 12.2. The summed E-state index contributed by atoms with van der Waals surface area (Å²) in [6.07, 6.45) is 1.96. The first-order valence-electron chi connectivity index (χ1n) is 4.66. The summed E-state index contributed by atoms with van der Waals surface area (Å²) in [6.45, 7) is 2.07. The van der Waals surface area contributed by atoms with Crippen LogP contribution in [0.4, 0.5) is 0 Å². The molecule has 1 rings (SSSR count). The highest BCUT2D eigenvalue weighted by atomic mass is 32.2. The number of rotatable bonds is 5. The molecule has 0 spiro atoms. The van der Waals surface area contributed by atoms with Gasteiger partial charge in [0.15, 0.2) is 0 Å². The van der Waals surface area contributed by atoms with E-state index in [-0.39, 0.29) is 4.90 Å². The van der Waals surface area contributed by atoms with E-state index in [1.165, 1.54) is 12.1 Å². The molecule has 0 aliphatic rings. The zero-order valence-corrected chi connectivity index (χ0v) is 9.58. The van der Waals surface area contributed by atoms with Gasteiger partial charge in [0.05, 0.1) is 12.0 Å². The molecular weight excluding hydrogens is 216 g/mol. The largest absolute Gasteiger partial charge is 0.323 e. The molecular formula is C10H14O4S. The van der Waals surface area contributed by atoms with Gasteiger partial charge < -0.3 is 0 Å². The fraction of sp³-hybridized carbons (Fsp3) is 0.400. The first-order chi connectivity index (χ1) is 7.10. The Bertz CT molecular complexity index is 394. The molecule has 0 fully saturated rings. The van der Waals surface area contributed by atoms with Gasteiger partial charge in [-0.1, -0.05) is 25.5 Å².